The lowest BCUT2D eigenvalue weighted by Gasteiger charge is -2.27. The van der Waals surface area contributed by atoms with Gasteiger partial charge in [-0.1, -0.05) is 69.3 Å². The van der Waals surface area contributed by atoms with Gasteiger partial charge in [-0.15, -0.1) is 0 Å². The highest BCUT2D eigenvalue weighted by molar-refractivity contribution is 5.92. The molecule has 8 nitrogen and oxygen atoms in total. The van der Waals surface area contributed by atoms with Crippen molar-refractivity contribution in [1.29, 1.82) is 0 Å². The first kappa shape index (κ1) is 41.0. The molecule has 6 rings (SSSR count). The molecule has 0 amide bonds. The molecule has 8 heteroatoms. The van der Waals surface area contributed by atoms with Crippen LogP contribution in [0.3, 0.4) is 0 Å². The summed E-state index contributed by atoms with van der Waals surface area (Å²) < 4.78 is 28.3. The van der Waals surface area contributed by atoms with Crippen LogP contribution in [-0.4, -0.2) is 25.0 Å². The first-order valence-corrected chi connectivity index (χ1v) is 19.1. The first-order valence-electron chi connectivity index (χ1n) is 19.1. The molecule has 0 N–H and O–H groups in total. The fraction of sp³-hybridized carbons (Fsp3) is 0.220. The first-order chi connectivity index (χ1) is 27.6. The standard InChI is InChI=1S/C50H48O8/c1-30-26-38(14-22-44(30)54-9)34(5)39-15-23-46(31(2)27-39)57-48(52)36-10-18-42(19-11-36)56-43-20-12-37(13-21-43)49(53)58-47-25-17-41(29-33(47)4)50(7,8)40-16-24-45(32(3)28-40)55-35(6)51/h10-29,34H,1-9H3. The molecule has 6 aromatic rings. The van der Waals surface area contributed by atoms with Gasteiger partial charge in [0.25, 0.3) is 0 Å². The number of rotatable bonds is 12. The van der Waals surface area contributed by atoms with Crippen molar-refractivity contribution in [3.63, 3.8) is 0 Å². The van der Waals surface area contributed by atoms with Crippen LogP contribution >= 0.6 is 0 Å². The number of ether oxygens (including phenoxy) is 5. The Labute approximate surface area is 340 Å². The summed E-state index contributed by atoms with van der Waals surface area (Å²) in [5.41, 5.74) is 8.41. The van der Waals surface area contributed by atoms with Gasteiger partial charge in [0.05, 0.1) is 18.2 Å². The fourth-order valence-electron chi connectivity index (χ4n) is 6.82. The van der Waals surface area contributed by atoms with E-state index in [2.05, 4.69) is 32.9 Å². The lowest BCUT2D eigenvalue weighted by molar-refractivity contribution is -0.131. The van der Waals surface area contributed by atoms with Crippen LogP contribution in [0.15, 0.2) is 121 Å². The number of methoxy groups -OCH3 is 1. The van der Waals surface area contributed by atoms with Gasteiger partial charge in [0.15, 0.2) is 0 Å². The maximum Gasteiger partial charge on any atom is 0.343 e. The summed E-state index contributed by atoms with van der Waals surface area (Å²) in [7, 11) is 1.67. The Morgan fingerprint density at radius 3 is 1.26 bits per heavy atom. The minimum atomic E-state index is -0.493. The van der Waals surface area contributed by atoms with Crippen LogP contribution in [0.25, 0.3) is 0 Å². The molecule has 0 aliphatic rings. The average Bonchev–Trinajstić information content (AvgIpc) is 3.20. The van der Waals surface area contributed by atoms with Crippen molar-refractivity contribution in [2.24, 2.45) is 0 Å². The van der Waals surface area contributed by atoms with Gasteiger partial charge >= 0.3 is 17.9 Å². The van der Waals surface area contributed by atoms with Crippen molar-refractivity contribution in [1.82, 2.24) is 0 Å². The second kappa shape index (κ2) is 17.2. The van der Waals surface area contributed by atoms with E-state index < -0.39 is 11.9 Å². The lowest BCUT2D eigenvalue weighted by Crippen LogP contribution is -2.20. The molecular formula is C50H48O8. The van der Waals surface area contributed by atoms with Crippen molar-refractivity contribution in [2.75, 3.05) is 7.11 Å². The molecule has 0 saturated carbocycles. The molecule has 0 bridgehead atoms. The van der Waals surface area contributed by atoms with Crippen molar-refractivity contribution in [2.45, 2.75) is 66.7 Å². The highest BCUT2D eigenvalue weighted by atomic mass is 16.5. The van der Waals surface area contributed by atoms with E-state index in [0.29, 0.717) is 39.9 Å². The summed E-state index contributed by atoms with van der Waals surface area (Å²) in [5.74, 6) is 2.22. The number of hydrogen-bond acceptors (Lipinski definition) is 8. The van der Waals surface area contributed by atoms with Gasteiger partial charge in [-0.05, 0) is 145 Å². The zero-order valence-corrected chi connectivity index (χ0v) is 34.4. The van der Waals surface area contributed by atoms with Gasteiger partial charge in [-0.3, -0.25) is 4.79 Å². The van der Waals surface area contributed by atoms with Crippen LogP contribution in [0.1, 0.15) is 98.8 Å². The fourth-order valence-corrected chi connectivity index (χ4v) is 6.82. The van der Waals surface area contributed by atoms with Gasteiger partial charge in [0.1, 0.15) is 34.5 Å². The predicted molar refractivity (Wildman–Crippen MR) is 225 cm³/mol. The van der Waals surface area contributed by atoms with E-state index in [1.807, 2.05) is 88.4 Å². The summed E-state index contributed by atoms with van der Waals surface area (Å²) in [6.07, 6.45) is 0. The number of aryl methyl sites for hydroxylation is 4. The topological polar surface area (TPSA) is 97.4 Å². The maximum absolute atomic E-state index is 13.1. The SMILES string of the molecule is COc1ccc(C(C)c2ccc(OC(=O)c3ccc(Oc4ccc(C(=O)Oc5ccc(C(C)(C)c6ccc(OC(C)=O)c(C)c6)cc5C)cc4)cc3)c(C)c2)cc1C. The molecule has 1 atom stereocenters. The van der Waals surface area contributed by atoms with Crippen molar-refractivity contribution in [3.05, 3.63) is 177 Å². The van der Waals surface area contributed by atoms with Crippen molar-refractivity contribution < 1.29 is 38.1 Å². The van der Waals surface area contributed by atoms with Crippen molar-refractivity contribution >= 4 is 17.9 Å². The largest absolute Gasteiger partial charge is 0.496 e. The second-order valence-corrected chi connectivity index (χ2v) is 15.1. The third-order valence-corrected chi connectivity index (χ3v) is 10.5. The van der Waals surface area contributed by atoms with Crippen LogP contribution in [0.4, 0.5) is 0 Å². The van der Waals surface area contributed by atoms with Gasteiger partial charge in [0, 0.05) is 18.3 Å². The molecule has 0 fully saturated rings. The average molecular weight is 777 g/mol. The molecule has 0 radical (unpaired) electrons. The zero-order valence-electron chi connectivity index (χ0n) is 34.4. The monoisotopic (exact) mass is 776 g/mol. The van der Waals surface area contributed by atoms with Crippen LogP contribution in [0.2, 0.25) is 0 Å². The van der Waals surface area contributed by atoms with Gasteiger partial charge in [0.2, 0.25) is 0 Å². The van der Waals surface area contributed by atoms with E-state index in [1.54, 1.807) is 55.6 Å². The molecule has 1 unspecified atom stereocenters. The summed E-state index contributed by atoms with van der Waals surface area (Å²) >= 11 is 0. The minimum absolute atomic E-state index is 0.149. The summed E-state index contributed by atoms with van der Waals surface area (Å²) in [5, 5.41) is 0. The predicted octanol–water partition coefficient (Wildman–Crippen LogP) is 11.6. The Morgan fingerprint density at radius 1 is 0.500 bits per heavy atom. The maximum atomic E-state index is 13.1. The Balaban J connectivity index is 1.03. The third kappa shape index (κ3) is 9.30. The van der Waals surface area contributed by atoms with Gasteiger partial charge in [-0.2, -0.15) is 0 Å². The molecule has 0 saturated heterocycles. The molecule has 0 heterocycles. The quantitative estimate of drug-likeness (QED) is 0.0895. The molecule has 0 aliphatic carbocycles. The Kier molecular flexibility index (Phi) is 12.2. The van der Waals surface area contributed by atoms with Gasteiger partial charge < -0.3 is 23.7 Å². The number of benzene rings is 6. The zero-order chi connectivity index (χ0) is 41.7. The molecule has 58 heavy (non-hydrogen) atoms. The summed E-state index contributed by atoms with van der Waals surface area (Å²) in [6.45, 7) is 15.6. The van der Waals surface area contributed by atoms with E-state index in [4.69, 9.17) is 23.7 Å². The van der Waals surface area contributed by atoms with Crippen LogP contribution in [0.5, 0.6) is 34.5 Å². The van der Waals surface area contributed by atoms with E-state index in [1.165, 1.54) is 12.5 Å². The Morgan fingerprint density at radius 2 is 0.879 bits per heavy atom. The molecule has 6 aromatic carbocycles. The normalized spacial score (nSPS) is 11.7. The number of carbonyl (C=O) groups is 3. The summed E-state index contributed by atoms with van der Waals surface area (Å²) in [6, 6.07) is 37.0. The molecule has 0 spiro atoms. The van der Waals surface area contributed by atoms with E-state index in [-0.39, 0.29) is 17.3 Å². The molecular weight excluding hydrogens is 729 g/mol. The summed E-state index contributed by atoms with van der Waals surface area (Å²) in [4.78, 5) is 37.6. The lowest BCUT2D eigenvalue weighted by atomic mass is 9.77. The second-order valence-electron chi connectivity index (χ2n) is 15.1. The van der Waals surface area contributed by atoms with Crippen molar-refractivity contribution in [3.8, 4) is 34.5 Å². The molecule has 296 valence electrons. The molecule has 0 aliphatic heterocycles. The smallest absolute Gasteiger partial charge is 0.343 e. The number of hydrogen-bond donors (Lipinski definition) is 0. The van der Waals surface area contributed by atoms with Crippen LogP contribution in [0, 0.1) is 27.7 Å². The molecule has 0 aromatic heterocycles. The van der Waals surface area contributed by atoms with E-state index >= 15 is 0 Å². The van der Waals surface area contributed by atoms with Crippen LogP contribution in [-0.2, 0) is 10.2 Å². The Bertz CT molecular complexity index is 2480. The van der Waals surface area contributed by atoms with E-state index in [0.717, 1.165) is 44.7 Å². The van der Waals surface area contributed by atoms with Crippen LogP contribution < -0.4 is 23.7 Å². The van der Waals surface area contributed by atoms with Gasteiger partial charge in [-0.25, -0.2) is 9.59 Å². The highest BCUT2D eigenvalue weighted by Crippen LogP contribution is 2.37. The highest BCUT2D eigenvalue weighted by Gasteiger charge is 2.25. The third-order valence-electron chi connectivity index (χ3n) is 10.5. The number of carbonyl (C=O) groups excluding carboxylic acids is 3. The van der Waals surface area contributed by atoms with E-state index in [9.17, 15) is 14.4 Å². The number of esters is 3. The Hall–Kier alpha value is -6.67. The minimum Gasteiger partial charge on any atom is -0.496 e.